The molecule has 306 valence electrons. The first kappa shape index (κ1) is 45.2. The average molecular weight is 798 g/mol. The summed E-state index contributed by atoms with van der Waals surface area (Å²) in [6.45, 7) is 23.5. The van der Waals surface area contributed by atoms with Crippen molar-refractivity contribution in [3.8, 4) is 0 Å². The van der Waals surface area contributed by atoms with Crippen LogP contribution >= 0.6 is 8.30 Å². The molecule has 0 spiro atoms. The van der Waals surface area contributed by atoms with Crippen LogP contribution in [0.2, 0.25) is 0 Å². The third-order valence-corrected chi connectivity index (χ3v) is 12.1. The summed E-state index contributed by atoms with van der Waals surface area (Å²) >= 11 is 0. The van der Waals surface area contributed by atoms with Crippen molar-refractivity contribution in [1.82, 2.24) is 0 Å². The number of aryl methyl sites for hydroxylation is 3. The maximum Gasteiger partial charge on any atom is 0.336 e. The Morgan fingerprint density at radius 3 is 1.89 bits per heavy atom. The molecule has 1 atom stereocenters. The summed E-state index contributed by atoms with van der Waals surface area (Å²) in [6, 6.07) is 32.5. The molecule has 0 radical (unpaired) electrons. The fourth-order valence-corrected chi connectivity index (χ4v) is 9.02. The van der Waals surface area contributed by atoms with Crippen LogP contribution in [0.4, 0.5) is 25.8 Å². The first-order valence-corrected chi connectivity index (χ1v) is 21.4. The normalized spacial score (nSPS) is 16.5. The number of allylic oxidation sites excluding steroid dienone is 2. The number of aliphatic carboxylic acids is 1. The zero-order chi connectivity index (χ0) is 41.9. The lowest BCUT2D eigenvalue weighted by atomic mass is 9.86. The van der Waals surface area contributed by atoms with E-state index in [-0.39, 0.29) is 0 Å². The molecule has 4 aromatic carbocycles. The monoisotopic (exact) mass is 797 g/mol. The van der Waals surface area contributed by atoms with Crippen molar-refractivity contribution >= 4 is 47.8 Å². The number of halogens is 2. The van der Waals surface area contributed by atoms with E-state index in [0.717, 1.165) is 99.6 Å². The number of carboxylic acid groups (broad SMARTS) is 1. The lowest BCUT2D eigenvalue weighted by Crippen LogP contribution is -2.46. The quantitative estimate of drug-likeness (QED) is 0.0746. The van der Waals surface area contributed by atoms with Gasteiger partial charge in [-0.25, -0.2) is 13.6 Å². The molecule has 2 aliphatic heterocycles. The van der Waals surface area contributed by atoms with Gasteiger partial charge in [0, 0.05) is 55.1 Å². The molecule has 0 amide bonds. The van der Waals surface area contributed by atoms with Gasteiger partial charge in [-0.2, -0.15) is 0 Å². The molecule has 0 saturated carbocycles. The zero-order valence-electron chi connectivity index (χ0n) is 35.6. The van der Waals surface area contributed by atoms with Gasteiger partial charge >= 0.3 is 5.97 Å². The van der Waals surface area contributed by atoms with E-state index >= 15 is 0 Å². The summed E-state index contributed by atoms with van der Waals surface area (Å²) < 4.78 is 30.7. The summed E-state index contributed by atoms with van der Waals surface area (Å²) in [6.07, 6.45) is 1.64. The van der Waals surface area contributed by atoms with Crippen molar-refractivity contribution in [3.05, 3.63) is 130 Å². The number of nitrogens with zero attached hydrogens (tertiary/aromatic N) is 3. The van der Waals surface area contributed by atoms with E-state index in [1.165, 1.54) is 33.4 Å². The van der Waals surface area contributed by atoms with E-state index in [4.69, 9.17) is 4.52 Å². The fraction of sp³-hybridized carbons (Fsp3) is 0.396. The molecule has 57 heavy (non-hydrogen) atoms. The van der Waals surface area contributed by atoms with Gasteiger partial charge in [0.15, 0.2) is 8.30 Å². The second-order valence-electron chi connectivity index (χ2n) is 14.9. The summed E-state index contributed by atoms with van der Waals surface area (Å²) in [4.78, 5) is 17.7. The molecule has 6 nitrogen and oxygen atoms in total. The number of piperazine rings is 1. The molecule has 1 N–H and O–H groups in total. The molecular formula is C48H62F2N3O3P. The molecule has 9 heteroatoms. The second kappa shape index (κ2) is 20.8. The minimum Gasteiger partial charge on any atom is -0.478 e. The number of anilines is 3. The van der Waals surface area contributed by atoms with Crippen LogP contribution in [-0.4, -0.2) is 56.3 Å². The Kier molecular flexibility index (Phi) is 16.5. The molecule has 2 aliphatic rings. The maximum atomic E-state index is 12.9. The molecular weight excluding hydrogens is 736 g/mol. The lowest BCUT2D eigenvalue weighted by Gasteiger charge is -2.37. The van der Waals surface area contributed by atoms with Crippen molar-refractivity contribution in [1.29, 1.82) is 0 Å². The molecule has 2 heterocycles. The summed E-state index contributed by atoms with van der Waals surface area (Å²) in [5, 5.41) is 11.8. The van der Waals surface area contributed by atoms with Crippen LogP contribution in [0, 0.1) is 20.8 Å². The molecule has 2 saturated heterocycles. The highest BCUT2D eigenvalue weighted by Crippen LogP contribution is 2.48. The van der Waals surface area contributed by atoms with Crippen LogP contribution in [-0.2, 0) is 9.32 Å². The Labute approximate surface area is 341 Å². The Bertz CT molecular complexity index is 1990. The van der Waals surface area contributed by atoms with Gasteiger partial charge in [0.05, 0.1) is 12.2 Å². The number of carboxylic acids is 1. The Hall–Kier alpha value is -4.52. The van der Waals surface area contributed by atoms with Crippen LogP contribution in [0.5, 0.6) is 0 Å². The molecule has 0 aromatic heterocycles. The smallest absolute Gasteiger partial charge is 0.336 e. The van der Waals surface area contributed by atoms with E-state index in [2.05, 4.69) is 140 Å². The second-order valence-corrected chi connectivity index (χ2v) is 16.7. The van der Waals surface area contributed by atoms with E-state index in [0.29, 0.717) is 5.57 Å². The fourth-order valence-electron chi connectivity index (χ4n) is 7.08. The van der Waals surface area contributed by atoms with E-state index in [9.17, 15) is 18.7 Å². The predicted molar refractivity (Wildman–Crippen MR) is 240 cm³/mol. The molecule has 0 aliphatic carbocycles. The standard InChI is InChI=1S/C43H50N3O3P.C3H6F2.C2H6/c1-7-9-32(4)41(43(47)48)42(34(6)35-15-12-30(2)13-16-35)36-10-8-11-39(29-36)45-24-22-44(23-25-45)37-17-19-38(20-18-37)46-26-27-49-50(46)40-21-14-31(3)33(5)28-40;1-3(2,4)5;1-2/h8,10-21,28-29H,7,9,22-27H2,1-6H3,(H,47,48);1-2H3;1-2H3/b41-32+,42-34+;;/t50-;;/m0../s1. The highest BCUT2D eigenvalue weighted by atomic mass is 31.2. The molecule has 0 bridgehead atoms. The lowest BCUT2D eigenvalue weighted by molar-refractivity contribution is -0.132. The first-order chi connectivity index (χ1) is 27.1. The van der Waals surface area contributed by atoms with E-state index in [1.54, 1.807) is 0 Å². The van der Waals surface area contributed by atoms with Crippen molar-refractivity contribution in [2.75, 3.05) is 53.8 Å². The highest BCUT2D eigenvalue weighted by Gasteiger charge is 2.29. The van der Waals surface area contributed by atoms with Crippen LogP contribution in [0.3, 0.4) is 0 Å². The number of benzene rings is 4. The predicted octanol–water partition coefficient (Wildman–Crippen LogP) is 12.2. The highest BCUT2D eigenvalue weighted by molar-refractivity contribution is 7.62. The van der Waals surface area contributed by atoms with Gasteiger partial charge in [0.2, 0.25) is 5.92 Å². The van der Waals surface area contributed by atoms with Gasteiger partial charge in [0.25, 0.3) is 0 Å². The van der Waals surface area contributed by atoms with Crippen molar-refractivity contribution in [2.45, 2.75) is 88.0 Å². The van der Waals surface area contributed by atoms with E-state index < -0.39 is 20.2 Å². The van der Waals surface area contributed by atoms with Gasteiger partial charge in [-0.05, 0) is 131 Å². The van der Waals surface area contributed by atoms with Gasteiger partial charge in [-0.3, -0.25) is 0 Å². The number of carbonyl (C=O) groups is 1. The largest absolute Gasteiger partial charge is 0.478 e. The van der Waals surface area contributed by atoms with Crippen molar-refractivity contribution < 1.29 is 23.2 Å². The van der Waals surface area contributed by atoms with Gasteiger partial charge in [-0.15, -0.1) is 0 Å². The number of hydrogen-bond acceptors (Lipinski definition) is 5. The third-order valence-electron chi connectivity index (χ3n) is 10.1. The van der Waals surface area contributed by atoms with Crippen LogP contribution in [0.1, 0.15) is 89.1 Å². The Morgan fingerprint density at radius 2 is 1.33 bits per heavy atom. The molecule has 0 unspecified atom stereocenters. The zero-order valence-corrected chi connectivity index (χ0v) is 36.5. The number of hydrogen-bond donors (Lipinski definition) is 1. The van der Waals surface area contributed by atoms with Gasteiger partial charge in [-0.1, -0.05) is 86.9 Å². The Balaban J connectivity index is 0.000000954. The molecule has 4 aromatic rings. The Morgan fingerprint density at radius 1 is 0.754 bits per heavy atom. The van der Waals surface area contributed by atoms with Crippen molar-refractivity contribution in [2.24, 2.45) is 0 Å². The minimum absolute atomic E-state index is 0.414. The maximum absolute atomic E-state index is 12.9. The number of alkyl halides is 2. The van der Waals surface area contributed by atoms with Crippen molar-refractivity contribution in [3.63, 3.8) is 0 Å². The first-order valence-electron chi connectivity index (χ1n) is 20.2. The molecule has 2 fully saturated rings. The summed E-state index contributed by atoms with van der Waals surface area (Å²) in [5.74, 6) is -3.37. The molecule has 6 rings (SSSR count). The van der Waals surface area contributed by atoms with Crippen LogP contribution in [0.15, 0.2) is 102 Å². The minimum atomic E-state index is -2.50. The third kappa shape index (κ3) is 12.2. The SMILES string of the molecule is CC.CC(C)(F)F.CCC/C(C)=C(C(=O)O)\C(=C(/C)c1ccc(C)cc1)c1cccc(N2CCN(c3ccc(N4CCO[P@@]4c4ccc(C)c(C)c4)cc3)CC2)c1. The van der Waals surface area contributed by atoms with Crippen LogP contribution < -0.4 is 19.8 Å². The van der Waals surface area contributed by atoms with Gasteiger partial charge in [0.1, 0.15) is 0 Å². The topological polar surface area (TPSA) is 56.2 Å². The average Bonchev–Trinajstić information content (AvgIpc) is 3.68. The summed E-state index contributed by atoms with van der Waals surface area (Å²) in [7, 11) is -0.830. The van der Waals surface area contributed by atoms with E-state index in [1.807, 2.05) is 20.8 Å². The van der Waals surface area contributed by atoms with Crippen LogP contribution in [0.25, 0.3) is 11.1 Å². The number of rotatable bonds is 10. The summed E-state index contributed by atoms with van der Waals surface area (Å²) in [5.41, 5.74) is 12.4. The van der Waals surface area contributed by atoms with Gasteiger partial charge < -0.3 is 24.1 Å².